The molecule has 0 bridgehead atoms. The van der Waals surface area contributed by atoms with E-state index in [1.54, 1.807) is 13.0 Å². The number of rotatable bonds is 4. The number of thioether (sulfide) groups is 1. The monoisotopic (exact) mass is 582 g/mol. The summed E-state index contributed by atoms with van der Waals surface area (Å²) in [4.78, 5) is 28.4. The second kappa shape index (κ2) is 9.44. The van der Waals surface area contributed by atoms with E-state index in [4.69, 9.17) is 23.2 Å². The molecule has 0 aromatic heterocycles. The van der Waals surface area contributed by atoms with E-state index >= 15 is 4.39 Å². The number of aliphatic hydroxyl groups is 1. The van der Waals surface area contributed by atoms with Crippen molar-refractivity contribution in [2.75, 3.05) is 0 Å². The van der Waals surface area contributed by atoms with E-state index in [-0.39, 0.29) is 32.2 Å². The molecule has 10 heteroatoms. The van der Waals surface area contributed by atoms with Crippen LogP contribution in [0.15, 0.2) is 35.2 Å². The molecule has 2 aliphatic heterocycles. The predicted molar refractivity (Wildman–Crippen MR) is 145 cm³/mol. The minimum Gasteiger partial charge on any atom is -0.390 e. The Labute approximate surface area is 235 Å². The molecule has 2 aromatic rings. The van der Waals surface area contributed by atoms with Gasteiger partial charge in [0, 0.05) is 22.9 Å². The fraction of sp³-hybridized carbons (Fsp3) is 0.500. The van der Waals surface area contributed by atoms with Crippen LogP contribution >= 0.6 is 35.0 Å². The Morgan fingerprint density at radius 1 is 1.21 bits per heavy atom. The molecule has 5 rings (SSSR count). The zero-order valence-corrected chi connectivity index (χ0v) is 23.8. The van der Waals surface area contributed by atoms with Gasteiger partial charge in [-0.3, -0.25) is 9.59 Å². The van der Waals surface area contributed by atoms with Crippen LogP contribution in [0, 0.1) is 17.0 Å². The summed E-state index contributed by atoms with van der Waals surface area (Å²) >= 11 is 13.2. The standard InChI is InChI=1S/C28H30Cl2F2N2O3S/c1-26(2,3)12-20-28(15-8-18(31)17(30)9-19(15)38-25(28)36)21(14-6-5-7-16(29)22(14)32)23(34-20)24(35)33-13-10-27(4,37)11-13/h5-9,13,20-21,23,34,37H,10-12H2,1-4H3,(H,33,35)/t13-,20-,21+,23-,27+,28+/m1/s1. The highest BCUT2D eigenvalue weighted by molar-refractivity contribution is 8.14. The molecular weight excluding hydrogens is 553 g/mol. The van der Waals surface area contributed by atoms with Crippen molar-refractivity contribution in [2.45, 2.75) is 86.9 Å². The summed E-state index contributed by atoms with van der Waals surface area (Å²) in [6.07, 6.45) is 1.22. The number of hydrogen-bond acceptors (Lipinski definition) is 5. The Morgan fingerprint density at radius 3 is 2.53 bits per heavy atom. The lowest BCUT2D eigenvalue weighted by atomic mass is 9.62. The first-order valence-corrected chi connectivity index (χ1v) is 14.2. The van der Waals surface area contributed by atoms with Crippen LogP contribution in [0.5, 0.6) is 0 Å². The summed E-state index contributed by atoms with van der Waals surface area (Å²) in [5.74, 6) is -2.84. The maximum Gasteiger partial charge on any atom is 0.238 e. The van der Waals surface area contributed by atoms with Gasteiger partial charge >= 0.3 is 0 Å². The van der Waals surface area contributed by atoms with Crippen molar-refractivity contribution in [3.8, 4) is 0 Å². The fourth-order valence-electron chi connectivity index (χ4n) is 6.42. The Balaban J connectivity index is 1.71. The van der Waals surface area contributed by atoms with Crippen molar-refractivity contribution in [3.05, 3.63) is 63.1 Å². The van der Waals surface area contributed by atoms with Crippen molar-refractivity contribution in [2.24, 2.45) is 5.41 Å². The van der Waals surface area contributed by atoms with Gasteiger partial charge in [0.1, 0.15) is 11.6 Å². The number of fused-ring (bicyclic) bond motifs is 2. The first-order chi connectivity index (χ1) is 17.6. The molecule has 1 amide bonds. The van der Waals surface area contributed by atoms with Gasteiger partial charge in [0.05, 0.1) is 27.1 Å². The predicted octanol–water partition coefficient (Wildman–Crippen LogP) is 5.73. The first kappa shape index (κ1) is 27.8. The molecular formula is C28H30Cl2F2N2O3S. The SMILES string of the molecule is CC(C)(C)C[C@H]1N[C@@H](C(=O)N[C@H]2C[C@@](C)(O)C2)[C@H](c2cccc(Cl)c2F)[C@@]12C(=O)Sc1cc(Cl)c(F)cc12. The molecule has 38 heavy (non-hydrogen) atoms. The highest BCUT2D eigenvalue weighted by Gasteiger charge is 2.66. The second-order valence-electron chi connectivity index (χ2n) is 12.2. The Hall–Kier alpha value is -1.71. The second-order valence-corrected chi connectivity index (χ2v) is 14.0. The summed E-state index contributed by atoms with van der Waals surface area (Å²) in [7, 11) is 0. The fourth-order valence-corrected chi connectivity index (χ4v) is 8.09. The van der Waals surface area contributed by atoms with Gasteiger partial charge in [-0.05, 0) is 60.9 Å². The van der Waals surface area contributed by atoms with E-state index in [1.165, 1.54) is 24.3 Å². The zero-order chi connectivity index (χ0) is 27.8. The molecule has 0 radical (unpaired) electrons. The largest absolute Gasteiger partial charge is 0.390 e. The molecule has 3 aliphatic rings. The van der Waals surface area contributed by atoms with Crippen molar-refractivity contribution in [3.63, 3.8) is 0 Å². The van der Waals surface area contributed by atoms with Gasteiger partial charge in [-0.15, -0.1) is 0 Å². The van der Waals surface area contributed by atoms with Crippen LogP contribution in [0.1, 0.15) is 64.0 Å². The van der Waals surface area contributed by atoms with Crippen LogP contribution < -0.4 is 10.6 Å². The number of carbonyl (C=O) groups is 2. The highest BCUT2D eigenvalue weighted by atomic mass is 35.5. The van der Waals surface area contributed by atoms with Crippen LogP contribution in [-0.4, -0.2) is 39.9 Å². The summed E-state index contributed by atoms with van der Waals surface area (Å²) in [5.41, 5.74) is -2.11. The minimum absolute atomic E-state index is 0.110. The lowest BCUT2D eigenvalue weighted by Crippen LogP contribution is -2.57. The lowest BCUT2D eigenvalue weighted by molar-refractivity contribution is -0.127. The van der Waals surface area contributed by atoms with E-state index in [2.05, 4.69) is 10.6 Å². The molecule has 5 nitrogen and oxygen atoms in total. The topological polar surface area (TPSA) is 78.4 Å². The van der Waals surface area contributed by atoms with Crippen molar-refractivity contribution < 1.29 is 23.5 Å². The van der Waals surface area contributed by atoms with E-state index in [0.29, 0.717) is 29.7 Å². The maximum absolute atomic E-state index is 15.7. The first-order valence-electron chi connectivity index (χ1n) is 12.6. The average molecular weight is 584 g/mol. The molecule has 1 saturated heterocycles. The van der Waals surface area contributed by atoms with Gasteiger partial charge in [-0.2, -0.15) is 0 Å². The molecule has 1 spiro atoms. The van der Waals surface area contributed by atoms with Crippen molar-refractivity contribution in [1.29, 1.82) is 0 Å². The van der Waals surface area contributed by atoms with E-state index in [0.717, 1.165) is 11.8 Å². The van der Waals surface area contributed by atoms with Gasteiger partial charge in [0.2, 0.25) is 11.0 Å². The van der Waals surface area contributed by atoms with Crippen LogP contribution in [0.25, 0.3) is 0 Å². The number of amides is 1. The summed E-state index contributed by atoms with van der Waals surface area (Å²) in [6.45, 7) is 7.73. The van der Waals surface area contributed by atoms with Crippen LogP contribution in [0.3, 0.4) is 0 Å². The molecule has 204 valence electrons. The third-order valence-electron chi connectivity index (χ3n) is 7.90. The summed E-state index contributed by atoms with van der Waals surface area (Å²) in [6, 6.07) is 5.32. The third-order valence-corrected chi connectivity index (χ3v) is 9.56. The smallest absolute Gasteiger partial charge is 0.238 e. The quantitative estimate of drug-likeness (QED) is 0.429. The van der Waals surface area contributed by atoms with Crippen LogP contribution in [-0.2, 0) is 15.0 Å². The molecule has 4 atom stereocenters. The molecule has 2 heterocycles. The number of halogens is 4. The van der Waals surface area contributed by atoms with Crippen molar-refractivity contribution in [1.82, 2.24) is 10.6 Å². The van der Waals surface area contributed by atoms with Gasteiger partial charge in [0.25, 0.3) is 0 Å². The molecule has 1 saturated carbocycles. The zero-order valence-electron chi connectivity index (χ0n) is 21.5. The molecule has 2 fully saturated rings. The summed E-state index contributed by atoms with van der Waals surface area (Å²) in [5, 5.41) is 16.0. The number of carbonyl (C=O) groups excluding carboxylic acids is 2. The lowest BCUT2D eigenvalue weighted by Gasteiger charge is -2.42. The normalized spacial score (nSPS) is 32.4. The maximum atomic E-state index is 15.7. The van der Waals surface area contributed by atoms with E-state index < -0.39 is 46.6 Å². The summed E-state index contributed by atoms with van der Waals surface area (Å²) < 4.78 is 30.7. The Bertz CT molecular complexity index is 1320. The number of hydrogen-bond donors (Lipinski definition) is 3. The van der Waals surface area contributed by atoms with E-state index in [9.17, 15) is 19.1 Å². The number of benzene rings is 2. The van der Waals surface area contributed by atoms with Gasteiger partial charge in [-0.25, -0.2) is 8.78 Å². The van der Waals surface area contributed by atoms with Gasteiger partial charge < -0.3 is 15.7 Å². The minimum atomic E-state index is -1.46. The number of nitrogens with one attached hydrogen (secondary N) is 2. The highest BCUT2D eigenvalue weighted by Crippen LogP contribution is 2.60. The van der Waals surface area contributed by atoms with Gasteiger partial charge in [-0.1, -0.05) is 67.9 Å². The molecule has 0 unspecified atom stereocenters. The molecule has 1 aliphatic carbocycles. The Kier molecular flexibility index (Phi) is 6.92. The molecule has 2 aromatic carbocycles. The van der Waals surface area contributed by atoms with E-state index in [1.807, 2.05) is 20.8 Å². The van der Waals surface area contributed by atoms with Gasteiger partial charge in [0.15, 0.2) is 0 Å². The third kappa shape index (κ3) is 4.56. The molecule has 3 N–H and O–H groups in total. The Morgan fingerprint density at radius 2 is 1.89 bits per heavy atom. The average Bonchev–Trinajstić information content (AvgIpc) is 3.24. The van der Waals surface area contributed by atoms with Crippen molar-refractivity contribution >= 4 is 46.0 Å². The van der Waals surface area contributed by atoms with Crippen LogP contribution in [0.2, 0.25) is 10.0 Å². The van der Waals surface area contributed by atoms with Crippen LogP contribution in [0.4, 0.5) is 8.78 Å².